The van der Waals surface area contributed by atoms with Gasteiger partial charge >= 0.3 is 0 Å². The third-order valence-electron chi connectivity index (χ3n) is 11.4. The third-order valence-corrected chi connectivity index (χ3v) is 13.5. The van der Waals surface area contributed by atoms with Gasteiger partial charge in [0.1, 0.15) is 5.58 Å². The van der Waals surface area contributed by atoms with Gasteiger partial charge in [0.2, 0.25) is 0 Å². The van der Waals surface area contributed by atoms with Crippen molar-refractivity contribution in [2.45, 2.75) is 83.8 Å². The first kappa shape index (κ1) is 38.1. The minimum Gasteiger partial charge on any atom is -0.501 e. The molecular formula is C49H50IrN2OSi-2. The van der Waals surface area contributed by atoms with Crippen LogP contribution in [0.25, 0.3) is 55.6 Å². The maximum absolute atomic E-state index is 6.40. The van der Waals surface area contributed by atoms with Crippen LogP contribution in [0, 0.1) is 24.0 Å². The Morgan fingerprint density at radius 3 is 2.13 bits per heavy atom. The summed E-state index contributed by atoms with van der Waals surface area (Å²) in [4.78, 5) is 9.43. The second kappa shape index (κ2) is 17.1. The van der Waals surface area contributed by atoms with Gasteiger partial charge in [0.05, 0.1) is 13.7 Å². The van der Waals surface area contributed by atoms with Crippen molar-refractivity contribution in [1.29, 1.82) is 0 Å². The molecule has 3 heterocycles. The fourth-order valence-electron chi connectivity index (χ4n) is 8.59. The number of pyridine rings is 2. The number of rotatable bonds is 8. The molecule has 2 saturated carbocycles. The molecule has 2 fully saturated rings. The average molecular weight is 903 g/mol. The molecule has 2 aliphatic carbocycles. The Morgan fingerprint density at radius 1 is 0.667 bits per heavy atom. The molecule has 0 bridgehead atoms. The summed E-state index contributed by atoms with van der Waals surface area (Å²) in [5, 5.41) is 3.79. The summed E-state index contributed by atoms with van der Waals surface area (Å²) in [7, 11) is -1.35. The fraction of sp³-hybridized carbons (Fsp3) is 0.306. The van der Waals surface area contributed by atoms with E-state index in [9.17, 15) is 0 Å². The quantitative estimate of drug-likeness (QED) is 0.113. The van der Waals surface area contributed by atoms with E-state index in [1.54, 1.807) is 10.8 Å². The maximum atomic E-state index is 6.40. The first-order valence-electron chi connectivity index (χ1n) is 19.7. The van der Waals surface area contributed by atoms with Gasteiger partial charge in [0.15, 0.2) is 0 Å². The molecule has 277 valence electrons. The summed E-state index contributed by atoms with van der Waals surface area (Å²) in [5.74, 6) is 1.70. The van der Waals surface area contributed by atoms with Gasteiger partial charge in [0.25, 0.3) is 0 Å². The van der Waals surface area contributed by atoms with Crippen LogP contribution in [0.15, 0.2) is 120 Å². The average Bonchev–Trinajstić information content (AvgIpc) is 3.98. The topological polar surface area (TPSA) is 38.9 Å². The van der Waals surface area contributed by atoms with Crippen LogP contribution in [-0.2, 0) is 32.9 Å². The molecule has 0 aliphatic heterocycles. The van der Waals surface area contributed by atoms with Crippen LogP contribution >= 0.6 is 0 Å². The molecule has 0 atom stereocenters. The van der Waals surface area contributed by atoms with E-state index in [0.29, 0.717) is 0 Å². The summed E-state index contributed by atoms with van der Waals surface area (Å²) in [6.45, 7) is 7.28. The van der Waals surface area contributed by atoms with Gasteiger partial charge in [0, 0.05) is 37.9 Å². The number of aromatic nitrogens is 2. The Morgan fingerprint density at radius 2 is 1.41 bits per heavy atom. The van der Waals surface area contributed by atoms with Crippen LogP contribution in [0.1, 0.15) is 62.5 Å². The zero-order chi connectivity index (χ0) is 36.2. The van der Waals surface area contributed by atoms with Crippen molar-refractivity contribution in [3.63, 3.8) is 0 Å². The smallest absolute Gasteiger partial charge is 0.121 e. The second-order valence-electron chi connectivity index (χ2n) is 16.3. The molecular weight excluding hydrogens is 853 g/mol. The molecule has 1 radical (unpaired) electrons. The predicted octanol–water partition coefficient (Wildman–Crippen LogP) is 12.7. The number of fused-ring (bicyclic) bond motifs is 3. The summed E-state index contributed by atoms with van der Waals surface area (Å²) in [6.07, 6.45) is 17.6. The molecule has 0 spiro atoms. The molecule has 2 aliphatic rings. The van der Waals surface area contributed by atoms with E-state index in [4.69, 9.17) is 9.40 Å². The number of hydrogen-bond donors (Lipinski definition) is 0. The van der Waals surface area contributed by atoms with E-state index in [2.05, 4.69) is 122 Å². The van der Waals surface area contributed by atoms with Crippen LogP contribution in [-0.4, -0.2) is 18.0 Å². The summed E-state index contributed by atoms with van der Waals surface area (Å²) in [6, 6.07) is 42.6. The van der Waals surface area contributed by atoms with Crippen molar-refractivity contribution in [3.8, 4) is 33.6 Å². The number of nitrogens with zero attached hydrogens (tertiary/aromatic N) is 2. The van der Waals surface area contributed by atoms with Crippen LogP contribution in [0.5, 0.6) is 0 Å². The van der Waals surface area contributed by atoms with Gasteiger partial charge in [-0.05, 0) is 64.5 Å². The number of benzene rings is 4. The number of furan rings is 1. The van der Waals surface area contributed by atoms with Gasteiger partial charge < -0.3 is 14.4 Å². The Labute approximate surface area is 336 Å². The second-order valence-corrected chi connectivity index (χ2v) is 21.3. The molecule has 54 heavy (non-hydrogen) atoms. The van der Waals surface area contributed by atoms with E-state index in [1.807, 2.05) is 30.5 Å². The molecule has 3 nitrogen and oxygen atoms in total. The molecule has 4 aromatic carbocycles. The van der Waals surface area contributed by atoms with Crippen molar-refractivity contribution < 1.29 is 24.5 Å². The first-order chi connectivity index (χ1) is 25.9. The van der Waals surface area contributed by atoms with Gasteiger partial charge in [-0.25, -0.2) is 0 Å². The SMILES string of the molecule is C[Si](C)(C)c1cnc(-c2[c-]cccc2)cc1CC1CCCC1.[Ir].[c-]1ccc2c(oc3cc(-c4ccccc4)ccc32)c1-c1cc(CC2CCCC2)ccn1. The van der Waals surface area contributed by atoms with E-state index < -0.39 is 8.07 Å². The summed E-state index contributed by atoms with van der Waals surface area (Å²) in [5.41, 5.74) is 11.1. The van der Waals surface area contributed by atoms with Gasteiger partial charge in [-0.15, -0.1) is 54.1 Å². The fourth-order valence-corrected chi connectivity index (χ4v) is 10.2. The van der Waals surface area contributed by atoms with Crippen molar-refractivity contribution >= 4 is 35.2 Å². The van der Waals surface area contributed by atoms with E-state index in [1.165, 1.54) is 68.9 Å². The van der Waals surface area contributed by atoms with Crippen molar-refractivity contribution in [3.05, 3.63) is 139 Å². The van der Waals surface area contributed by atoms with Crippen LogP contribution in [0.3, 0.4) is 0 Å². The Bertz CT molecular complexity index is 2300. The van der Waals surface area contributed by atoms with Crippen LogP contribution in [0.2, 0.25) is 19.6 Å². The van der Waals surface area contributed by atoms with Crippen LogP contribution < -0.4 is 5.19 Å². The zero-order valence-corrected chi connectivity index (χ0v) is 35.2. The molecule has 0 N–H and O–H groups in total. The zero-order valence-electron chi connectivity index (χ0n) is 31.8. The molecule has 0 amide bonds. The van der Waals surface area contributed by atoms with Crippen molar-refractivity contribution in [2.75, 3.05) is 0 Å². The van der Waals surface area contributed by atoms with Crippen LogP contribution in [0.4, 0.5) is 0 Å². The van der Waals surface area contributed by atoms with Crippen molar-refractivity contribution in [1.82, 2.24) is 9.97 Å². The first-order valence-corrected chi connectivity index (χ1v) is 23.2. The minimum absolute atomic E-state index is 0. The number of hydrogen-bond acceptors (Lipinski definition) is 3. The monoisotopic (exact) mass is 903 g/mol. The Kier molecular flexibility index (Phi) is 12.1. The van der Waals surface area contributed by atoms with E-state index in [-0.39, 0.29) is 20.1 Å². The minimum atomic E-state index is -1.35. The molecule has 0 saturated heterocycles. The molecule has 3 aromatic heterocycles. The Hall–Kier alpha value is -4.15. The maximum Gasteiger partial charge on any atom is 0.121 e. The molecule has 7 aromatic rings. The van der Waals surface area contributed by atoms with Crippen molar-refractivity contribution in [2.24, 2.45) is 11.8 Å². The normalized spacial score (nSPS) is 14.9. The summed E-state index contributed by atoms with van der Waals surface area (Å²) >= 11 is 0. The third kappa shape index (κ3) is 8.70. The molecule has 5 heteroatoms. The standard InChI is InChI=1S/C29H24NO.C20H26NSi.Ir/c1-2-9-22(10-3-1)23-13-14-24-25-11-6-12-26(29(25)31-28(24)19-23)27-18-21(15-16-30-27)17-20-7-4-5-8-20;1-22(2,3)20-15-21-19(17-11-5-4-6-12-17)14-18(20)13-16-9-7-8-10-16;/h1-3,6,9-11,13-16,18-20H,4-5,7-8,17H2;4-6,11,14-16H,7-10,13H2,1-3H3;/q2*-1;. The predicted molar refractivity (Wildman–Crippen MR) is 224 cm³/mol. The van der Waals surface area contributed by atoms with Gasteiger partial charge in [-0.3, -0.25) is 0 Å². The summed E-state index contributed by atoms with van der Waals surface area (Å²) < 4.78 is 6.40. The molecule has 0 unspecified atom stereocenters. The Balaban J connectivity index is 0.000000174. The molecule has 9 rings (SSSR count). The van der Waals surface area contributed by atoms with Gasteiger partial charge in [-0.2, -0.15) is 0 Å². The van der Waals surface area contributed by atoms with E-state index >= 15 is 0 Å². The largest absolute Gasteiger partial charge is 0.501 e. The van der Waals surface area contributed by atoms with Gasteiger partial charge in [-0.1, -0.05) is 148 Å². The van der Waals surface area contributed by atoms with E-state index in [0.717, 1.165) is 68.3 Å².